The quantitative estimate of drug-likeness (QED) is 0.477. The van der Waals surface area contributed by atoms with E-state index in [1.54, 1.807) is 5.56 Å². The molecule has 3 aromatic rings. The minimum Gasteiger partial charge on any atom is -0.191 e. The Morgan fingerprint density at radius 2 is 1.57 bits per heavy atom. The SMILES string of the molecule is CCc1cc2[n+](cc1-c1ccccc1)C1(CC)C(C)C1(CC)c1ccccc1-2. The molecule has 1 aliphatic carbocycles. The Hall–Kier alpha value is -2.41. The predicted octanol–water partition coefficient (Wildman–Crippen LogP) is 6.29. The normalized spacial score (nSPS) is 26.9. The van der Waals surface area contributed by atoms with Crippen molar-refractivity contribution >= 4 is 0 Å². The van der Waals surface area contributed by atoms with Crippen LogP contribution in [0.4, 0.5) is 0 Å². The van der Waals surface area contributed by atoms with Gasteiger partial charge in [-0.15, -0.1) is 0 Å². The van der Waals surface area contributed by atoms with Crippen LogP contribution < -0.4 is 4.57 Å². The summed E-state index contributed by atoms with van der Waals surface area (Å²) in [5.41, 5.74) is 9.03. The van der Waals surface area contributed by atoms with Crippen LogP contribution >= 0.6 is 0 Å². The van der Waals surface area contributed by atoms with Crippen molar-refractivity contribution in [1.82, 2.24) is 0 Å². The van der Waals surface area contributed by atoms with Crippen molar-refractivity contribution in [3.05, 3.63) is 78.0 Å². The van der Waals surface area contributed by atoms with Crippen LogP contribution in [0, 0.1) is 5.92 Å². The Morgan fingerprint density at radius 3 is 2.25 bits per heavy atom. The van der Waals surface area contributed by atoms with Crippen LogP contribution in [0.15, 0.2) is 66.9 Å². The number of aryl methyl sites for hydroxylation is 1. The molecule has 28 heavy (non-hydrogen) atoms. The van der Waals surface area contributed by atoms with E-state index in [1.165, 1.54) is 40.8 Å². The summed E-state index contributed by atoms with van der Waals surface area (Å²) in [7, 11) is 0. The fraction of sp³-hybridized carbons (Fsp3) is 0.370. The average molecular weight is 369 g/mol. The molecule has 0 amide bonds. The molecule has 2 aromatic carbocycles. The van der Waals surface area contributed by atoms with Gasteiger partial charge in [0.15, 0.2) is 11.7 Å². The van der Waals surface area contributed by atoms with Crippen molar-refractivity contribution in [3.63, 3.8) is 0 Å². The largest absolute Gasteiger partial charge is 0.213 e. The lowest BCUT2D eigenvalue weighted by molar-refractivity contribution is -0.738. The zero-order chi connectivity index (χ0) is 19.5. The second kappa shape index (κ2) is 6.04. The highest BCUT2D eigenvalue weighted by molar-refractivity contribution is 5.73. The van der Waals surface area contributed by atoms with E-state index in [4.69, 9.17) is 0 Å². The monoisotopic (exact) mass is 368 g/mol. The van der Waals surface area contributed by atoms with Gasteiger partial charge in [-0.05, 0) is 35.6 Å². The van der Waals surface area contributed by atoms with Gasteiger partial charge in [-0.3, -0.25) is 0 Å². The fourth-order valence-corrected chi connectivity index (χ4v) is 6.68. The third kappa shape index (κ3) is 1.90. The van der Waals surface area contributed by atoms with E-state index in [9.17, 15) is 0 Å². The number of aromatic nitrogens is 1. The number of hydrogen-bond acceptors (Lipinski definition) is 0. The van der Waals surface area contributed by atoms with Gasteiger partial charge in [-0.1, -0.05) is 76.2 Å². The first-order valence-electron chi connectivity index (χ1n) is 10.9. The molecule has 3 atom stereocenters. The fourth-order valence-electron chi connectivity index (χ4n) is 6.68. The molecule has 1 aromatic heterocycles. The highest BCUT2D eigenvalue weighted by atomic mass is 15.2. The van der Waals surface area contributed by atoms with E-state index in [0.29, 0.717) is 5.92 Å². The maximum absolute atomic E-state index is 2.67. The summed E-state index contributed by atoms with van der Waals surface area (Å²) in [6.45, 7) is 9.52. The molecule has 2 aliphatic rings. The topological polar surface area (TPSA) is 3.88 Å². The van der Waals surface area contributed by atoms with Crippen LogP contribution in [0.2, 0.25) is 0 Å². The van der Waals surface area contributed by atoms with Gasteiger partial charge in [-0.2, -0.15) is 4.57 Å². The first-order valence-corrected chi connectivity index (χ1v) is 10.9. The van der Waals surface area contributed by atoms with E-state index in [2.05, 4.69) is 99.1 Å². The Kier molecular flexibility index (Phi) is 3.81. The minimum atomic E-state index is 0.196. The van der Waals surface area contributed by atoms with Crippen molar-refractivity contribution in [2.45, 2.75) is 57.9 Å². The smallest absolute Gasteiger partial charge is 0.191 e. The van der Waals surface area contributed by atoms with Crippen LogP contribution in [0.25, 0.3) is 22.4 Å². The van der Waals surface area contributed by atoms with E-state index in [0.717, 1.165) is 6.42 Å². The number of nitrogens with zero attached hydrogens (tertiary/aromatic N) is 1. The van der Waals surface area contributed by atoms with Gasteiger partial charge in [0.1, 0.15) is 0 Å². The second-order valence-electron chi connectivity index (χ2n) is 8.56. The summed E-state index contributed by atoms with van der Waals surface area (Å²) in [6.07, 6.45) is 5.90. The first-order chi connectivity index (χ1) is 13.7. The number of hydrogen-bond donors (Lipinski definition) is 0. The molecule has 1 nitrogen and oxygen atoms in total. The Bertz CT molecular complexity index is 1050. The van der Waals surface area contributed by atoms with Crippen molar-refractivity contribution < 1.29 is 4.57 Å². The molecule has 0 bridgehead atoms. The van der Waals surface area contributed by atoms with E-state index >= 15 is 0 Å². The summed E-state index contributed by atoms with van der Waals surface area (Å²) in [6, 6.07) is 22.6. The molecule has 0 N–H and O–H groups in total. The van der Waals surface area contributed by atoms with Gasteiger partial charge >= 0.3 is 0 Å². The summed E-state index contributed by atoms with van der Waals surface area (Å²) in [5, 5.41) is 0. The Labute approximate surface area is 169 Å². The van der Waals surface area contributed by atoms with Crippen LogP contribution in [-0.4, -0.2) is 0 Å². The zero-order valence-corrected chi connectivity index (χ0v) is 17.5. The standard InChI is InChI=1S/C27H30N/c1-5-20-17-25-22-15-11-12-16-24(22)26(6-2)19(4)27(26,7-3)28(25)18-23(20)21-13-9-8-10-14-21/h8-19H,5-7H2,1-4H3/q+1. The summed E-state index contributed by atoms with van der Waals surface area (Å²) >= 11 is 0. The molecule has 2 heterocycles. The lowest BCUT2D eigenvalue weighted by Crippen LogP contribution is -2.55. The second-order valence-corrected chi connectivity index (χ2v) is 8.56. The molecule has 5 rings (SSSR count). The molecule has 0 saturated heterocycles. The Morgan fingerprint density at radius 1 is 0.857 bits per heavy atom. The van der Waals surface area contributed by atoms with Gasteiger partial charge < -0.3 is 0 Å². The third-order valence-corrected chi connectivity index (χ3v) is 8.00. The molecule has 0 radical (unpaired) electrons. The van der Waals surface area contributed by atoms with Crippen molar-refractivity contribution in [2.75, 3.05) is 0 Å². The molecule has 3 unspecified atom stereocenters. The van der Waals surface area contributed by atoms with Crippen LogP contribution in [0.3, 0.4) is 0 Å². The lowest BCUT2D eigenvalue weighted by Gasteiger charge is -2.29. The number of rotatable bonds is 4. The van der Waals surface area contributed by atoms with Crippen LogP contribution in [-0.2, 0) is 17.4 Å². The summed E-state index contributed by atoms with van der Waals surface area (Å²) in [4.78, 5) is 0. The van der Waals surface area contributed by atoms with Crippen LogP contribution in [0.5, 0.6) is 0 Å². The van der Waals surface area contributed by atoms with E-state index in [-0.39, 0.29) is 11.0 Å². The third-order valence-electron chi connectivity index (χ3n) is 8.00. The van der Waals surface area contributed by atoms with Crippen molar-refractivity contribution in [2.24, 2.45) is 5.92 Å². The number of pyridine rings is 1. The van der Waals surface area contributed by atoms with E-state index < -0.39 is 0 Å². The predicted molar refractivity (Wildman–Crippen MR) is 116 cm³/mol. The summed E-state index contributed by atoms with van der Waals surface area (Å²) < 4.78 is 2.67. The lowest BCUT2D eigenvalue weighted by atomic mass is 9.79. The van der Waals surface area contributed by atoms with Gasteiger partial charge in [0, 0.05) is 24.0 Å². The molecule has 0 spiro atoms. The first kappa shape index (κ1) is 17.7. The maximum Gasteiger partial charge on any atom is 0.213 e. The molecule has 1 aliphatic heterocycles. The number of benzene rings is 2. The minimum absolute atomic E-state index is 0.196. The zero-order valence-electron chi connectivity index (χ0n) is 17.5. The van der Waals surface area contributed by atoms with Gasteiger partial charge in [0.05, 0.1) is 11.0 Å². The maximum atomic E-state index is 2.67. The highest BCUT2D eigenvalue weighted by Gasteiger charge is 2.82. The molecular weight excluding hydrogens is 338 g/mol. The van der Waals surface area contributed by atoms with Gasteiger partial charge in [-0.25, -0.2) is 0 Å². The number of fused-ring (bicyclic) bond motifs is 6. The molecule has 142 valence electrons. The Balaban J connectivity index is 1.86. The van der Waals surface area contributed by atoms with Gasteiger partial charge in [0.2, 0.25) is 5.69 Å². The molecular formula is C27H30N+. The highest BCUT2D eigenvalue weighted by Crippen LogP contribution is 2.71. The average Bonchev–Trinajstić information content (AvgIpc) is 3.33. The van der Waals surface area contributed by atoms with Crippen molar-refractivity contribution in [1.29, 1.82) is 0 Å². The molecule has 1 fully saturated rings. The van der Waals surface area contributed by atoms with Crippen LogP contribution in [0.1, 0.15) is 51.7 Å². The van der Waals surface area contributed by atoms with Crippen molar-refractivity contribution in [3.8, 4) is 22.4 Å². The van der Waals surface area contributed by atoms with Gasteiger partial charge in [0.25, 0.3) is 0 Å². The molecule has 1 saturated carbocycles. The van der Waals surface area contributed by atoms with E-state index in [1.807, 2.05) is 0 Å². The molecule has 1 heteroatoms. The summed E-state index contributed by atoms with van der Waals surface area (Å²) in [5.74, 6) is 0.651.